The van der Waals surface area contributed by atoms with Gasteiger partial charge in [0.05, 0.1) is 6.04 Å². The van der Waals surface area contributed by atoms with Gasteiger partial charge in [-0.1, -0.05) is 5.16 Å². The summed E-state index contributed by atoms with van der Waals surface area (Å²) < 4.78 is 5.04. The lowest BCUT2D eigenvalue weighted by Gasteiger charge is -2.01. The van der Waals surface area contributed by atoms with E-state index in [0.29, 0.717) is 23.8 Å². The van der Waals surface area contributed by atoms with Gasteiger partial charge in [0.2, 0.25) is 11.7 Å². The first-order chi connectivity index (χ1) is 8.20. The minimum absolute atomic E-state index is 0.0123. The van der Waals surface area contributed by atoms with Crippen LogP contribution in [0.1, 0.15) is 23.9 Å². The minimum atomic E-state index is -0.439. The van der Waals surface area contributed by atoms with Crippen LogP contribution in [0.5, 0.6) is 0 Å². The zero-order chi connectivity index (χ0) is 12.3. The third-order valence-corrected chi connectivity index (χ3v) is 2.34. The molecule has 2 aromatic heterocycles. The minimum Gasteiger partial charge on any atom is -0.396 e. The van der Waals surface area contributed by atoms with E-state index in [1.807, 2.05) is 19.1 Å². The molecule has 0 radical (unpaired) electrons. The summed E-state index contributed by atoms with van der Waals surface area (Å²) >= 11 is 0. The van der Waals surface area contributed by atoms with Crippen LogP contribution in [0.4, 0.5) is 0 Å². The highest BCUT2D eigenvalue weighted by Gasteiger charge is 2.15. The van der Waals surface area contributed by atoms with Gasteiger partial charge >= 0.3 is 0 Å². The lowest BCUT2D eigenvalue weighted by atomic mass is 10.2. The van der Waals surface area contributed by atoms with Crippen molar-refractivity contribution < 1.29 is 9.63 Å². The van der Waals surface area contributed by atoms with Crippen molar-refractivity contribution >= 4 is 0 Å². The van der Waals surface area contributed by atoms with E-state index in [-0.39, 0.29) is 6.61 Å². The molecule has 3 N–H and O–H groups in total. The van der Waals surface area contributed by atoms with Crippen molar-refractivity contribution in [3.05, 3.63) is 29.8 Å². The summed E-state index contributed by atoms with van der Waals surface area (Å²) in [6.07, 6.45) is 2.08. The molecule has 0 spiro atoms. The fourth-order valence-electron chi connectivity index (χ4n) is 1.41. The molecule has 6 heteroatoms. The zero-order valence-electron chi connectivity index (χ0n) is 9.50. The maximum absolute atomic E-state index is 8.78. The van der Waals surface area contributed by atoms with Crippen molar-refractivity contribution in [2.45, 2.75) is 19.4 Å². The molecule has 0 aromatic carbocycles. The van der Waals surface area contributed by atoms with Gasteiger partial charge < -0.3 is 15.4 Å². The smallest absolute Gasteiger partial charge is 0.244 e. The molecule has 2 rings (SSSR count). The van der Waals surface area contributed by atoms with Gasteiger partial charge in [-0.15, -0.1) is 0 Å². The van der Waals surface area contributed by atoms with E-state index in [0.717, 1.165) is 5.56 Å². The molecular formula is C11H14N4O2. The quantitative estimate of drug-likeness (QED) is 0.812. The Kier molecular flexibility index (Phi) is 3.46. The van der Waals surface area contributed by atoms with Gasteiger partial charge in [0, 0.05) is 12.8 Å². The van der Waals surface area contributed by atoms with E-state index < -0.39 is 6.04 Å². The molecule has 0 aliphatic carbocycles. The highest BCUT2D eigenvalue weighted by Crippen LogP contribution is 2.17. The summed E-state index contributed by atoms with van der Waals surface area (Å²) in [6.45, 7) is 1.95. The molecule has 0 saturated heterocycles. The van der Waals surface area contributed by atoms with Crippen LogP contribution in [0.15, 0.2) is 22.9 Å². The molecule has 0 aliphatic heterocycles. The first-order valence-corrected chi connectivity index (χ1v) is 5.34. The summed E-state index contributed by atoms with van der Waals surface area (Å²) in [4.78, 5) is 8.32. The Balaban J connectivity index is 2.23. The van der Waals surface area contributed by atoms with Crippen molar-refractivity contribution in [1.82, 2.24) is 15.1 Å². The lowest BCUT2D eigenvalue weighted by Crippen LogP contribution is -2.12. The standard InChI is InChI=1S/C11H14N4O2/c1-7-2-4-13-9(6-7)10-14-11(17-15-10)8(12)3-5-16/h2,4,6,8,16H,3,5,12H2,1H3. The number of aromatic nitrogens is 3. The number of hydrogen-bond donors (Lipinski definition) is 2. The molecular weight excluding hydrogens is 220 g/mol. The first-order valence-electron chi connectivity index (χ1n) is 5.34. The highest BCUT2D eigenvalue weighted by molar-refractivity contribution is 5.48. The molecule has 0 aliphatic rings. The second-order valence-electron chi connectivity index (χ2n) is 3.79. The maximum atomic E-state index is 8.78. The molecule has 1 atom stereocenters. The molecule has 0 amide bonds. The largest absolute Gasteiger partial charge is 0.396 e. The SMILES string of the molecule is Cc1ccnc(-c2noc(C(N)CCO)n2)c1. The van der Waals surface area contributed by atoms with Crippen LogP contribution < -0.4 is 5.73 Å². The van der Waals surface area contributed by atoms with E-state index in [1.165, 1.54) is 0 Å². The van der Waals surface area contributed by atoms with Gasteiger partial charge in [-0.05, 0) is 31.0 Å². The Hall–Kier alpha value is -1.79. The Bertz CT molecular complexity index is 498. The van der Waals surface area contributed by atoms with E-state index in [1.54, 1.807) is 6.20 Å². The predicted molar refractivity (Wildman–Crippen MR) is 60.9 cm³/mol. The average molecular weight is 234 g/mol. The van der Waals surface area contributed by atoms with Gasteiger partial charge in [-0.2, -0.15) is 4.98 Å². The molecule has 0 saturated carbocycles. The number of aliphatic hydroxyl groups is 1. The Morgan fingerprint density at radius 3 is 3.06 bits per heavy atom. The van der Waals surface area contributed by atoms with E-state index >= 15 is 0 Å². The second-order valence-corrected chi connectivity index (χ2v) is 3.79. The highest BCUT2D eigenvalue weighted by atomic mass is 16.5. The zero-order valence-corrected chi connectivity index (χ0v) is 9.50. The van der Waals surface area contributed by atoms with Crippen molar-refractivity contribution in [2.75, 3.05) is 6.61 Å². The van der Waals surface area contributed by atoms with Crippen molar-refractivity contribution in [1.29, 1.82) is 0 Å². The number of nitrogens with two attached hydrogens (primary N) is 1. The van der Waals surface area contributed by atoms with Crippen molar-refractivity contribution in [2.24, 2.45) is 5.73 Å². The van der Waals surface area contributed by atoms with Gasteiger partial charge in [0.15, 0.2) is 0 Å². The van der Waals surface area contributed by atoms with Crippen LogP contribution in [0.2, 0.25) is 0 Å². The fourth-order valence-corrected chi connectivity index (χ4v) is 1.41. The van der Waals surface area contributed by atoms with E-state index in [9.17, 15) is 0 Å². The van der Waals surface area contributed by atoms with Gasteiger partial charge in [-0.25, -0.2) is 0 Å². The summed E-state index contributed by atoms with van der Waals surface area (Å²) in [5, 5.41) is 12.6. The van der Waals surface area contributed by atoms with E-state index in [2.05, 4.69) is 15.1 Å². The second kappa shape index (κ2) is 5.03. The first kappa shape index (κ1) is 11.7. The molecule has 6 nitrogen and oxygen atoms in total. The molecule has 90 valence electrons. The summed E-state index contributed by atoms with van der Waals surface area (Å²) in [5.41, 5.74) is 7.47. The number of hydrogen-bond acceptors (Lipinski definition) is 6. The molecule has 2 heterocycles. The molecule has 2 aromatic rings. The number of rotatable bonds is 4. The molecule has 17 heavy (non-hydrogen) atoms. The third kappa shape index (κ3) is 2.66. The lowest BCUT2D eigenvalue weighted by molar-refractivity contribution is 0.259. The third-order valence-electron chi connectivity index (χ3n) is 2.34. The molecule has 0 fully saturated rings. The molecule has 0 bridgehead atoms. The molecule has 1 unspecified atom stereocenters. The van der Waals surface area contributed by atoms with Crippen LogP contribution in [-0.4, -0.2) is 26.8 Å². The van der Waals surface area contributed by atoms with Crippen LogP contribution in [0, 0.1) is 6.92 Å². The van der Waals surface area contributed by atoms with Crippen molar-refractivity contribution in [3.63, 3.8) is 0 Å². The van der Waals surface area contributed by atoms with Crippen LogP contribution in [-0.2, 0) is 0 Å². The Morgan fingerprint density at radius 1 is 1.53 bits per heavy atom. The van der Waals surface area contributed by atoms with Gasteiger partial charge in [-0.3, -0.25) is 4.98 Å². The average Bonchev–Trinajstić information content (AvgIpc) is 2.78. The summed E-state index contributed by atoms with van der Waals surface area (Å²) in [5.74, 6) is 0.731. The van der Waals surface area contributed by atoms with Crippen molar-refractivity contribution in [3.8, 4) is 11.5 Å². The van der Waals surface area contributed by atoms with Gasteiger partial charge in [0.25, 0.3) is 0 Å². The van der Waals surface area contributed by atoms with Crippen LogP contribution in [0.25, 0.3) is 11.5 Å². The van der Waals surface area contributed by atoms with Crippen LogP contribution >= 0.6 is 0 Å². The fraction of sp³-hybridized carbons (Fsp3) is 0.364. The number of aliphatic hydroxyl groups excluding tert-OH is 1. The Morgan fingerprint density at radius 2 is 2.35 bits per heavy atom. The topological polar surface area (TPSA) is 98.1 Å². The predicted octanol–water partition coefficient (Wildman–Crippen LogP) is 0.822. The monoisotopic (exact) mass is 234 g/mol. The van der Waals surface area contributed by atoms with Gasteiger partial charge in [0.1, 0.15) is 5.69 Å². The maximum Gasteiger partial charge on any atom is 0.244 e. The summed E-state index contributed by atoms with van der Waals surface area (Å²) in [7, 11) is 0. The number of pyridine rings is 1. The van der Waals surface area contributed by atoms with E-state index in [4.69, 9.17) is 15.4 Å². The number of aryl methyl sites for hydroxylation is 1. The normalized spacial score (nSPS) is 12.6. The Labute approximate surface area is 98.5 Å². The number of nitrogens with zero attached hydrogens (tertiary/aromatic N) is 3. The van der Waals surface area contributed by atoms with Crippen LogP contribution in [0.3, 0.4) is 0 Å². The summed E-state index contributed by atoms with van der Waals surface area (Å²) in [6, 6.07) is 3.32.